The molecule has 0 aliphatic rings. The maximum Gasteiger partial charge on any atom is 2.00 e. The Morgan fingerprint density at radius 2 is 0.547 bits per heavy atom. The first-order valence-corrected chi connectivity index (χ1v) is 17.6. The Kier molecular flexibility index (Phi) is 47.2. The van der Waals surface area contributed by atoms with Crippen LogP contribution in [0, 0.1) is 117 Å². The monoisotopic (exact) mass is 1020 g/mol. The van der Waals surface area contributed by atoms with Crippen molar-refractivity contribution < 1.29 is 75.6 Å². The smallest absolute Gasteiger partial charge is 0.457 e. The second-order valence-electron chi connectivity index (χ2n) is 12.2. The molecule has 0 aliphatic carbocycles. The maximum absolute atomic E-state index is 8.25. The van der Waals surface area contributed by atoms with Crippen LogP contribution in [0.15, 0.2) is 24.3 Å². The Hall–Kier alpha value is -5.56. The Morgan fingerprint density at radius 3 is 0.656 bits per heavy atom. The molecule has 8 N–H and O–H groups in total. The summed E-state index contributed by atoms with van der Waals surface area (Å²) in [6.07, 6.45) is 0. The van der Waals surface area contributed by atoms with E-state index in [0.29, 0.717) is 0 Å². The number of hydrogen-bond donors (Lipinski definition) is 2. The fourth-order valence-corrected chi connectivity index (χ4v) is 5.50. The van der Waals surface area contributed by atoms with Crippen LogP contribution in [-0.2, 0) is 71.3 Å². The van der Waals surface area contributed by atoms with E-state index in [2.05, 4.69) is 108 Å². The van der Waals surface area contributed by atoms with E-state index in [4.69, 9.17) is 91.9 Å². The van der Waals surface area contributed by atoms with Crippen LogP contribution in [0.4, 0.5) is 0 Å². The van der Waals surface area contributed by atoms with Gasteiger partial charge >= 0.3 is 34.1 Å². The Morgan fingerprint density at radius 1 is 0.406 bits per heavy atom. The number of aliphatic hydroxyl groups is 2. The molecule has 0 atom stereocenters. The molecule has 30 nitrogen and oxygen atoms in total. The molecule has 2 radical (unpaired) electrons. The van der Waals surface area contributed by atoms with Gasteiger partial charge in [-0.3, -0.25) is 28.5 Å². The molecule has 0 fully saturated rings. The van der Waals surface area contributed by atoms with Gasteiger partial charge in [-0.25, -0.2) is 0 Å². The van der Waals surface area contributed by atoms with Gasteiger partial charge in [-0.1, -0.05) is 0 Å². The van der Waals surface area contributed by atoms with E-state index in [-0.39, 0.29) is 45.1 Å². The van der Waals surface area contributed by atoms with Crippen molar-refractivity contribution >= 4 is 0 Å². The molecular weight excluding hydrogens is 964 g/mol. The van der Waals surface area contributed by atoms with E-state index >= 15 is 0 Å². The van der Waals surface area contributed by atoms with Crippen LogP contribution in [0.5, 0.6) is 0 Å². The predicted octanol–water partition coefficient (Wildman–Crippen LogP) is 0.0564. The van der Waals surface area contributed by atoms with Gasteiger partial charge in [0, 0.05) is 76.3 Å². The summed E-state index contributed by atoms with van der Waals surface area (Å²) < 4.78 is 8.54. The number of nitrogens with zero attached hydrogens (tertiary/aromatic N) is 14. The van der Waals surface area contributed by atoms with Gasteiger partial charge in [0.05, 0.1) is 69.3 Å². The van der Waals surface area contributed by atoms with Crippen LogP contribution in [0.1, 0.15) is 45.6 Å². The van der Waals surface area contributed by atoms with Crippen LogP contribution >= 0.6 is 0 Å². The predicted molar refractivity (Wildman–Crippen MR) is 227 cm³/mol. The minimum Gasteiger partial charge on any atom is -0.457 e. The molecule has 0 unspecified atom stereocenters. The topological polar surface area (TPSA) is 449 Å². The molecule has 0 spiro atoms. The second-order valence-corrected chi connectivity index (χ2v) is 12.2. The zero-order valence-electron chi connectivity index (χ0n) is 37.2. The summed E-state index contributed by atoms with van der Waals surface area (Å²) >= 11 is 0. The van der Waals surface area contributed by atoms with Gasteiger partial charge in [0.15, 0.2) is 0 Å². The van der Waals surface area contributed by atoms with Crippen molar-refractivity contribution in [2.24, 2.45) is 0 Å². The van der Waals surface area contributed by atoms with Crippen molar-refractivity contribution in [3.63, 3.8) is 0 Å². The third kappa shape index (κ3) is 38.1. The third-order valence-corrected chi connectivity index (χ3v) is 7.66. The van der Waals surface area contributed by atoms with Gasteiger partial charge in [-0.15, -0.1) is 0 Å². The molecule has 4 heterocycles. The molecular formula is C32H62Cu2N14O16+2. The van der Waals surface area contributed by atoms with Gasteiger partial charge in [-0.05, 0) is 79.7 Å². The van der Waals surface area contributed by atoms with Crippen molar-refractivity contribution in [1.29, 1.82) is 0 Å². The van der Waals surface area contributed by atoms with E-state index in [9.17, 15) is 0 Å². The summed E-state index contributed by atoms with van der Waals surface area (Å²) in [6, 6.07) is 8.61. The minimum absolute atomic E-state index is 0. The van der Waals surface area contributed by atoms with Gasteiger partial charge in [0.25, 0.3) is 0 Å². The van der Waals surface area contributed by atoms with Crippen LogP contribution in [0.25, 0.3) is 0 Å². The molecule has 4 rings (SSSR count). The summed E-state index contributed by atoms with van der Waals surface area (Å²) in [7, 11) is 2.00. The summed E-state index contributed by atoms with van der Waals surface area (Å²) in [5.74, 6) is 0. The van der Waals surface area contributed by atoms with Crippen molar-refractivity contribution in [1.82, 2.24) is 48.9 Å². The fraction of sp³-hybridized carbons (Fsp3) is 0.625. The molecule has 32 heteroatoms. The first-order chi connectivity index (χ1) is 28.0. The summed E-state index contributed by atoms with van der Waals surface area (Å²) in [4.78, 5) is 38.1. The van der Waals surface area contributed by atoms with Crippen LogP contribution in [0.2, 0.25) is 0 Å². The third-order valence-electron chi connectivity index (χ3n) is 7.66. The van der Waals surface area contributed by atoms with Gasteiger partial charge in [0.2, 0.25) is 0 Å². The first-order valence-electron chi connectivity index (χ1n) is 17.6. The van der Waals surface area contributed by atoms with Gasteiger partial charge in [-0.2, -0.15) is 20.4 Å². The van der Waals surface area contributed by atoms with Crippen molar-refractivity contribution in [3.8, 4) is 0 Å². The average molecular weight is 1030 g/mol. The zero-order chi connectivity index (χ0) is 47.1. The van der Waals surface area contributed by atoms with Crippen LogP contribution in [0.3, 0.4) is 0 Å². The molecule has 64 heavy (non-hydrogen) atoms. The van der Waals surface area contributed by atoms with Crippen molar-refractivity contribution in [2.45, 2.75) is 81.6 Å². The molecule has 376 valence electrons. The van der Waals surface area contributed by atoms with Gasteiger partial charge in [0.1, 0.15) is 0 Å². The molecule has 4 aromatic rings. The number of aryl methyl sites for hydroxylation is 8. The largest absolute Gasteiger partial charge is 2.00 e. The van der Waals surface area contributed by atoms with E-state index in [1.807, 2.05) is 0 Å². The molecule has 0 aliphatic heterocycles. The average Bonchev–Trinajstić information content (AvgIpc) is 3.84. The van der Waals surface area contributed by atoms with Crippen molar-refractivity contribution in [3.05, 3.63) is 131 Å². The number of hydrogen-bond acceptors (Lipinski definition) is 20. The number of rotatable bonds is 15. The molecule has 0 amide bonds. The van der Waals surface area contributed by atoms with E-state index in [1.165, 1.54) is 22.8 Å². The van der Waals surface area contributed by atoms with E-state index < -0.39 is 20.3 Å². The SMILES string of the molecule is CO.CO.Cc1cc(C)n(CCN(CCN(CCn2nc(C)cc2C)CCn2nc(C)cc2C)CCn2nc(C)cc2C)n1.O=[N+]([O-])[O-].O=[N+]([O-])[O-].O=[N+]([O-])[O-].O=[N+]([O-])[O-].[Cu+2].[Cu+2].[OH3+].[OH3+]. The fourth-order valence-electron chi connectivity index (χ4n) is 5.50. The molecule has 0 bridgehead atoms. The Balaban J connectivity index is -0.000000231. The van der Waals surface area contributed by atoms with Crippen molar-refractivity contribution in [2.75, 3.05) is 53.5 Å². The first kappa shape index (κ1) is 72.9. The van der Waals surface area contributed by atoms with Gasteiger partial charge < -0.3 is 82.5 Å². The quantitative estimate of drug-likeness (QED) is 0.0688. The van der Waals surface area contributed by atoms with Crippen LogP contribution in [-0.4, -0.2) is 133 Å². The molecule has 4 aromatic heterocycles. The summed E-state index contributed by atoms with van der Waals surface area (Å²) in [6.45, 7) is 26.1. The Labute approximate surface area is 389 Å². The van der Waals surface area contributed by atoms with E-state index in [1.54, 1.807) is 0 Å². The summed E-state index contributed by atoms with van der Waals surface area (Å²) in [5, 5.41) is 91.8. The molecule has 0 saturated carbocycles. The normalized spacial score (nSPS) is 9.16. The summed E-state index contributed by atoms with van der Waals surface area (Å²) in [5.41, 5.74) is 9.16. The number of aliphatic hydroxyl groups excluding tert-OH is 2. The van der Waals surface area contributed by atoms with Crippen LogP contribution < -0.4 is 0 Å². The number of aromatic nitrogens is 8. The zero-order valence-corrected chi connectivity index (χ0v) is 39.1. The molecule has 0 aromatic carbocycles. The molecule has 0 saturated heterocycles. The maximum atomic E-state index is 8.25. The Bertz CT molecular complexity index is 1560. The standard InChI is InChI=1S/C30H48N10.2CH4O.2Cu.4NO3.2H2O/c1-23-19-27(5)37(31-23)15-11-35(12-16-38-28(6)20-24(2)32-38)9-10-36(13-17-39-29(7)21-25(3)33-39)14-18-40-30(8)22-26(4)34-40;2*1-2;;;4*2-1(3)4;;/h19-22H,9-18H2,1-8H3;2*2H,1H3;;;;;;;2*1H2/q;;;2*+2;4*-1;;/p+2. The minimum atomic E-state index is -1.75. The second kappa shape index (κ2) is 41.4. The van der Waals surface area contributed by atoms with E-state index in [0.717, 1.165) is 102 Å².